The fraction of sp³-hybridized carbons (Fsp3) is 0.933. The van der Waals surface area contributed by atoms with Crippen LogP contribution in [0.2, 0.25) is 0 Å². The number of hydrogen-bond acceptors (Lipinski definition) is 3. The minimum atomic E-state index is -0.726. The van der Waals surface area contributed by atoms with Gasteiger partial charge < -0.3 is 9.84 Å². The smallest absolute Gasteiger partial charge is 0.305 e. The van der Waals surface area contributed by atoms with Crippen LogP contribution in [0.3, 0.4) is 0 Å². The standard InChI is InChI=1S/C15H29NO3/c1-3-4-5-6-7-8-13(2)16-9-10-19-12-14(16)11-15(17)18/h13-14H,3-12H2,1-2H3,(H,17,18). The lowest BCUT2D eigenvalue weighted by Gasteiger charge is -2.39. The van der Waals surface area contributed by atoms with Crippen LogP contribution in [0, 0.1) is 0 Å². The van der Waals surface area contributed by atoms with E-state index in [4.69, 9.17) is 9.84 Å². The topological polar surface area (TPSA) is 49.8 Å². The van der Waals surface area contributed by atoms with Gasteiger partial charge in [0.15, 0.2) is 0 Å². The molecule has 1 saturated heterocycles. The predicted octanol–water partition coefficient (Wildman–Crippen LogP) is 2.91. The molecule has 0 aromatic heterocycles. The average Bonchev–Trinajstić information content (AvgIpc) is 2.38. The zero-order valence-electron chi connectivity index (χ0n) is 12.4. The first-order valence-electron chi connectivity index (χ1n) is 7.70. The molecular weight excluding hydrogens is 242 g/mol. The fourth-order valence-corrected chi connectivity index (χ4v) is 2.83. The van der Waals surface area contributed by atoms with Crippen molar-refractivity contribution in [3.63, 3.8) is 0 Å². The Balaban J connectivity index is 2.30. The number of hydrogen-bond donors (Lipinski definition) is 1. The number of unbranched alkanes of at least 4 members (excludes halogenated alkanes) is 4. The second-order valence-electron chi connectivity index (χ2n) is 5.62. The van der Waals surface area contributed by atoms with Crippen LogP contribution < -0.4 is 0 Å². The normalized spacial score (nSPS) is 22.3. The van der Waals surface area contributed by atoms with E-state index in [1.54, 1.807) is 0 Å². The van der Waals surface area contributed by atoms with E-state index in [1.807, 2.05) is 0 Å². The average molecular weight is 271 g/mol. The molecule has 1 aliphatic rings. The molecule has 4 nitrogen and oxygen atoms in total. The summed E-state index contributed by atoms with van der Waals surface area (Å²) in [7, 11) is 0. The summed E-state index contributed by atoms with van der Waals surface area (Å²) in [6, 6.07) is 0.520. The van der Waals surface area contributed by atoms with Gasteiger partial charge in [-0.3, -0.25) is 9.69 Å². The molecule has 2 atom stereocenters. The van der Waals surface area contributed by atoms with E-state index < -0.39 is 5.97 Å². The Morgan fingerprint density at radius 2 is 2.11 bits per heavy atom. The molecular formula is C15H29NO3. The molecule has 112 valence electrons. The maximum absolute atomic E-state index is 10.9. The maximum Gasteiger partial charge on any atom is 0.305 e. The summed E-state index contributed by atoms with van der Waals surface area (Å²) in [6.07, 6.45) is 7.84. The summed E-state index contributed by atoms with van der Waals surface area (Å²) in [5.41, 5.74) is 0. The van der Waals surface area contributed by atoms with Gasteiger partial charge in [0.2, 0.25) is 0 Å². The number of rotatable bonds is 9. The molecule has 4 heteroatoms. The minimum Gasteiger partial charge on any atom is -0.481 e. The van der Waals surface area contributed by atoms with Crippen molar-refractivity contribution in [2.45, 2.75) is 70.9 Å². The molecule has 1 N–H and O–H groups in total. The van der Waals surface area contributed by atoms with E-state index >= 15 is 0 Å². The summed E-state index contributed by atoms with van der Waals surface area (Å²) in [5, 5.41) is 8.96. The Kier molecular flexibility index (Phi) is 8.07. The van der Waals surface area contributed by atoms with Crippen LogP contribution in [0.5, 0.6) is 0 Å². The summed E-state index contributed by atoms with van der Waals surface area (Å²) < 4.78 is 5.42. The van der Waals surface area contributed by atoms with E-state index in [0.717, 1.165) is 13.2 Å². The van der Waals surface area contributed by atoms with E-state index in [9.17, 15) is 4.79 Å². The lowest BCUT2D eigenvalue weighted by molar-refractivity contribution is -0.140. The number of carbonyl (C=O) groups is 1. The number of carboxylic acids is 1. The molecule has 0 saturated carbocycles. The second-order valence-corrected chi connectivity index (χ2v) is 5.62. The molecule has 0 radical (unpaired) electrons. The third-order valence-corrected chi connectivity index (χ3v) is 3.97. The monoisotopic (exact) mass is 271 g/mol. The van der Waals surface area contributed by atoms with E-state index in [1.165, 1.54) is 38.5 Å². The molecule has 0 bridgehead atoms. The van der Waals surface area contributed by atoms with Gasteiger partial charge in [-0.15, -0.1) is 0 Å². The van der Waals surface area contributed by atoms with Gasteiger partial charge in [0.25, 0.3) is 0 Å². The number of morpholine rings is 1. The molecule has 1 fully saturated rings. The van der Waals surface area contributed by atoms with Gasteiger partial charge in [0.05, 0.1) is 19.6 Å². The van der Waals surface area contributed by atoms with Crippen LogP contribution in [0.25, 0.3) is 0 Å². The van der Waals surface area contributed by atoms with Gasteiger partial charge in [0.1, 0.15) is 0 Å². The molecule has 19 heavy (non-hydrogen) atoms. The first-order valence-corrected chi connectivity index (χ1v) is 7.70. The third-order valence-electron chi connectivity index (χ3n) is 3.97. The van der Waals surface area contributed by atoms with Crippen molar-refractivity contribution in [2.24, 2.45) is 0 Å². The molecule has 0 spiro atoms. The zero-order valence-corrected chi connectivity index (χ0v) is 12.4. The van der Waals surface area contributed by atoms with Gasteiger partial charge in [0, 0.05) is 18.6 Å². The van der Waals surface area contributed by atoms with Gasteiger partial charge in [-0.25, -0.2) is 0 Å². The molecule has 0 aliphatic carbocycles. The predicted molar refractivity (Wildman–Crippen MR) is 76.4 cm³/mol. The van der Waals surface area contributed by atoms with Crippen molar-refractivity contribution in [2.75, 3.05) is 19.8 Å². The zero-order chi connectivity index (χ0) is 14.1. The minimum absolute atomic E-state index is 0.0527. The summed E-state index contributed by atoms with van der Waals surface area (Å²) in [6.45, 7) is 6.61. The van der Waals surface area contributed by atoms with Crippen LogP contribution >= 0.6 is 0 Å². The van der Waals surface area contributed by atoms with Crippen molar-refractivity contribution in [1.29, 1.82) is 0 Å². The van der Waals surface area contributed by atoms with Crippen molar-refractivity contribution in [1.82, 2.24) is 4.90 Å². The van der Waals surface area contributed by atoms with Gasteiger partial charge in [-0.1, -0.05) is 39.0 Å². The Bertz CT molecular complexity index is 258. The van der Waals surface area contributed by atoms with E-state index in [2.05, 4.69) is 18.7 Å². The molecule has 1 heterocycles. The van der Waals surface area contributed by atoms with Crippen LogP contribution in [0.1, 0.15) is 58.8 Å². The molecule has 0 aromatic carbocycles. The van der Waals surface area contributed by atoms with Crippen molar-refractivity contribution in [3.8, 4) is 0 Å². The Morgan fingerprint density at radius 3 is 2.79 bits per heavy atom. The summed E-state index contributed by atoms with van der Waals surface area (Å²) >= 11 is 0. The van der Waals surface area contributed by atoms with Gasteiger partial charge in [-0.05, 0) is 13.3 Å². The van der Waals surface area contributed by atoms with Gasteiger partial charge >= 0.3 is 5.97 Å². The van der Waals surface area contributed by atoms with E-state index in [-0.39, 0.29) is 12.5 Å². The lowest BCUT2D eigenvalue weighted by Crippen LogP contribution is -2.50. The van der Waals surface area contributed by atoms with Crippen molar-refractivity contribution >= 4 is 5.97 Å². The molecule has 0 aromatic rings. The van der Waals surface area contributed by atoms with Crippen LogP contribution in [0.15, 0.2) is 0 Å². The lowest BCUT2D eigenvalue weighted by atomic mass is 10.0. The number of nitrogens with zero attached hydrogens (tertiary/aromatic N) is 1. The molecule has 1 rings (SSSR count). The SMILES string of the molecule is CCCCCCCC(C)N1CCOCC1CC(=O)O. The highest BCUT2D eigenvalue weighted by molar-refractivity contribution is 5.67. The third kappa shape index (κ3) is 6.39. The van der Waals surface area contributed by atoms with Crippen LogP contribution in [-0.2, 0) is 9.53 Å². The first-order chi connectivity index (χ1) is 9.15. The highest BCUT2D eigenvalue weighted by Crippen LogP contribution is 2.18. The Labute approximate surface area is 117 Å². The van der Waals surface area contributed by atoms with Crippen molar-refractivity contribution < 1.29 is 14.6 Å². The molecule has 0 amide bonds. The highest BCUT2D eigenvalue weighted by Gasteiger charge is 2.28. The summed E-state index contributed by atoms with van der Waals surface area (Å²) in [5.74, 6) is -0.726. The molecule has 1 aliphatic heterocycles. The van der Waals surface area contributed by atoms with E-state index in [0.29, 0.717) is 12.6 Å². The number of aliphatic carboxylic acids is 1. The van der Waals surface area contributed by atoms with Gasteiger partial charge in [-0.2, -0.15) is 0 Å². The van der Waals surface area contributed by atoms with Crippen molar-refractivity contribution in [3.05, 3.63) is 0 Å². The summed E-state index contributed by atoms with van der Waals surface area (Å²) in [4.78, 5) is 13.2. The Hall–Kier alpha value is -0.610. The molecule has 2 unspecified atom stereocenters. The highest BCUT2D eigenvalue weighted by atomic mass is 16.5. The Morgan fingerprint density at radius 1 is 1.37 bits per heavy atom. The maximum atomic E-state index is 10.9. The largest absolute Gasteiger partial charge is 0.481 e. The first kappa shape index (κ1) is 16.4. The van der Waals surface area contributed by atoms with Crippen LogP contribution in [0.4, 0.5) is 0 Å². The quantitative estimate of drug-likeness (QED) is 0.655. The second kappa shape index (κ2) is 9.32. The number of carboxylic acid groups (broad SMARTS) is 1. The number of ether oxygens (including phenoxy) is 1. The fourth-order valence-electron chi connectivity index (χ4n) is 2.83. The van der Waals surface area contributed by atoms with Crippen LogP contribution in [-0.4, -0.2) is 47.8 Å².